The zero-order chi connectivity index (χ0) is 32.6. The molecule has 4 atom stereocenters. The Kier molecular flexibility index (Phi) is 17.1. The molecule has 0 aliphatic carbocycles. The van der Waals surface area contributed by atoms with Crippen LogP contribution < -0.4 is 17.2 Å². The summed E-state index contributed by atoms with van der Waals surface area (Å²) < 4.78 is 76.3. The number of carboxylic acids is 2. The number of alkyl halides is 6. The van der Waals surface area contributed by atoms with Gasteiger partial charge in [0, 0.05) is 0 Å². The molecule has 0 aliphatic heterocycles. The fourth-order valence-electron chi connectivity index (χ4n) is 3.50. The van der Waals surface area contributed by atoms with Crippen LogP contribution in [-0.2, 0) is 9.59 Å². The zero-order valence-corrected chi connectivity index (χ0v) is 24.8. The molecule has 15 heteroatoms. The van der Waals surface area contributed by atoms with Gasteiger partial charge < -0.3 is 27.4 Å². The molecule has 0 heterocycles. The van der Waals surface area contributed by atoms with Crippen molar-refractivity contribution in [2.45, 2.75) is 62.1 Å². The summed E-state index contributed by atoms with van der Waals surface area (Å²) in [5.41, 5.74) is 17.6. The number of nitrogens with two attached hydrogens (primary N) is 3. The van der Waals surface area contributed by atoms with Gasteiger partial charge in [-0.1, -0.05) is 54.6 Å². The number of carboxylic acid groups (broad SMARTS) is 2. The smallest absolute Gasteiger partial charge is 0.403 e. The Morgan fingerprint density at radius 1 is 0.628 bits per heavy atom. The molecule has 4 unspecified atom stereocenters. The van der Waals surface area contributed by atoms with Crippen molar-refractivity contribution in [3.63, 3.8) is 0 Å². The maximum atomic E-state index is 13.5. The summed E-state index contributed by atoms with van der Waals surface area (Å²) in [5, 5.41) is 17.1. The van der Waals surface area contributed by atoms with E-state index in [1.165, 1.54) is 35.7 Å². The average Bonchev–Trinajstić information content (AvgIpc) is 2.94. The zero-order valence-electron chi connectivity index (χ0n) is 23.2. The number of hydrogen-bond acceptors (Lipinski definition) is 7. The highest BCUT2D eigenvalue weighted by atomic mass is 32.2. The summed E-state index contributed by atoms with van der Waals surface area (Å²) >= 11 is 2.51. The molecular weight excluding hydrogens is 620 g/mol. The van der Waals surface area contributed by atoms with E-state index in [1.54, 1.807) is 12.1 Å². The van der Waals surface area contributed by atoms with E-state index < -0.39 is 48.3 Å². The third-order valence-electron chi connectivity index (χ3n) is 6.14. The van der Waals surface area contributed by atoms with Gasteiger partial charge in [-0.3, -0.25) is 9.59 Å². The van der Waals surface area contributed by atoms with E-state index in [9.17, 15) is 35.9 Å². The Hall–Kier alpha value is -2.46. The molecular formula is C28H37F6N3O4S2. The summed E-state index contributed by atoms with van der Waals surface area (Å²) in [7, 11) is 0. The van der Waals surface area contributed by atoms with Crippen LogP contribution in [0.15, 0.2) is 54.6 Å². The van der Waals surface area contributed by atoms with Crippen LogP contribution in [0.4, 0.5) is 26.3 Å². The molecule has 2 aromatic rings. The number of thioether (sulfide) groups is 2. The second-order valence-corrected chi connectivity index (χ2v) is 11.9. The first-order chi connectivity index (χ1) is 20.0. The highest BCUT2D eigenvalue weighted by molar-refractivity contribution is 7.99. The van der Waals surface area contributed by atoms with Gasteiger partial charge in [0.2, 0.25) is 0 Å². The van der Waals surface area contributed by atoms with Crippen molar-refractivity contribution in [2.75, 3.05) is 23.0 Å². The maximum absolute atomic E-state index is 13.5. The molecule has 8 N–H and O–H groups in total. The van der Waals surface area contributed by atoms with E-state index in [0.717, 1.165) is 11.1 Å². The predicted molar refractivity (Wildman–Crippen MR) is 159 cm³/mol. The van der Waals surface area contributed by atoms with E-state index in [0.29, 0.717) is 11.5 Å². The largest absolute Gasteiger partial charge is 0.480 e. The van der Waals surface area contributed by atoms with Crippen LogP contribution in [0, 0.1) is 0 Å². The molecule has 2 rings (SSSR count). The lowest BCUT2D eigenvalue weighted by molar-refractivity contribution is -0.151. The number of benzene rings is 2. The quantitative estimate of drug-likeness (QED) is 0.113. The molecule has 0 fully saturated rings. The van der Waals surface area contributed by atoms with Crippen LogP contribution in [-0.4, -0.2) is 75.6 Å². The lowest BCUT2D eigenvalue weighted by Crippen LogP contribution is -2.37. The predicted octanol–water partition coefficient (Wildman–Crippen LogP) is 5.73. The second-order valence-electron chi connectivity index (χ2n) is 9.50. The number of halogens is 6. The highest BCUT2D eigenvalue weighted by Crippen LogP contribution is 2.39. The molecule has 2 aromatic carbocycles. The van der Waals surface area contributed by atoms with Crippen LogP contribution in [0.3, 0.4) is 0 Å². The number of hydrogen-bond donors (Lipinski definition) is 5. The van der Waals surface area contributed by atoms with E-state index >= 15 is 0 Å². The standard InChI is InChI=1S/C20H22F3NO2S.C8H15F3N2O2S/c21-20(22,23)17(10-12-27-13-11-18(24)19(25)26)16-8-6-15(7-9-16)14-4-2-1-3-5-14;9-8(10,11)6(13)2-4-16-3-1-5(12)7(14)15/h1-9,17-18H,10-13,24H2,(H,25,26);5-6H,1-4,12-13H2,(H,14,15). The summed E-state index contributed by atoms with van der Waals surface area (Å²) in [6.45, 7) is 0. The third-order valence-corrected chi connectivity index (χ3v) is 8.24. The number of carbonyl (C=O) groups is 2. The molecule has 0 aliphatic rings. The highest BCUT2D eigenvalue weighted by Gasteiger charge is 2.40. The van der Waals surface area contributed by atoms with Crippen LogP contribution in [0.25, 0.3) is 11.1 Å². The van der Waals surface area contributed by atoms with Crippen molar-refractivity contribution < 1.29 is 46.1 Å². The monoisotopic (exact) mass is 657 g/mol. The third kappa shape index (κ3) is 15.7. The molecule has 43 heavy (non-hydrogen) atoms. The van der Waals surface area contributed by atoms with Gasteiger partial charge in [0.25, 0.3) is 0 Å². The minimum atomic E-state index is -4.36. The summed E-state index contributed by atoms with van der Waals surface area (Å²) in [6, 6.07) is 12.2. The summed E-state index contributed by atoms with van der Waals surface area (Å²) in [6.07, 6.45) is -8.44. The lowest BCUT2D eigenvalue weighted by atomic mass is 9.94. The van der Waals surface area contributed by atoms with Gasteiger partial charge in [-0.05, 0) is 65.4 Å². The van der Waals surface area contributed by atoms with Gasteiger partial charge in [0.1, 0.15) is 18.1 Å². The molecule has 0 saturated carbocycles. The fraction of sp³-hybridized carbons (Fsp3) is 0.500. The van der Waals surface area contributed by atoms with Gasteiger partial charge in [-0.15, -0.1) is 0 Å². The number of aliphatic carboxylic acids is 2. The van der Waals surface area contributed by atoms with E-state index in [-0.39, 0.29) is 42.8 Å². The molecule has 0 saturated heterocycles. The van der Waals surface area contributed by atoms with Crippen molar-refractivity contribution in [2.24, 2.45) is 17.2 Å². The first-order valence-electron chi connectivity index (χ1n) is 13.2. The second kappa shape index (κ2) is 19.0. The van der Waals surface area contributed by atoms with Crippen molar-refractivity contribution >= 4 is 35.5 Å². The Morgan fingerprint density at radius 3 is 1.47 bits per heavy atom. The number of rotatable bonds is 16. The molecule has 0 radical (unpaired) electrons. The SMILES string of the molecule is NC(CCSCCC(N)C(F)(F)F)C(=O)O.NC(CCSCCC(c1ccc(-c2ccccc2)cc1)C(F)(F)F)C(=O)O. The maximum Gasteiger partial charge on any atom is 0.403 e. The van der Waals surface area contributed by atoms with Gasteiger partial charge in [-0.2, -0.15) is 49.9 Å². The normalized spacial score (nSPS) is 14.6. The van der Waals surface area contributed by atoms with Crippen molar-refractivity contribution in [1.82, 2.24) is 0 Å². The van der Waals surface area contributed by atoms with Crippen molar-refractivity contribution in [3.8, 4) is 11.1 Å². The average molecular weight is 658 g/mol. The minimum absolute atomic E-state index is 0.0544. The molecule has 0 aromatic heterocycles. The fourth-order valence-corrected chi connectivity index (χ4v) is 5.58. The summed E-state index contributed by atoms with van der Waals surface area (Å²) in [4.78, 5) is 20.9. The van der Waals surface area contributed by atoms with Gasteiger partial charge in [0.15, 0.2) is 0 Å². The van der Waals surface area contributed by atoms with Crippen LogP contribution in [0.2, 0.25) is 0 Å². The first-order valence-corrected chi connectivity index (χ1v) is 15.5. The van der Waals surface area contributed by atoms with Crippen molar-refractivity contribution in [3.05, 3.63) is 60.2 Å². The molecule has 242 valence electrons. The molecule has 0 spiro atoms. The molecule has 7 nitrogen and oxygen atoms in total. The van der Waals surface area contributed by atoms with Crippen molar-refractivity contribution in [1.29, 1.82) is 0 Å². The van der Waals surface area contributed by atoms with E-state index in [2.05, 4.69) is 0 Å². The Labute approximate surface area is 255 Å². The Balaban J connectivity index is 0.000000496. The van der Waals surface area contributed by atoms with Crippen LogP contribution in [0.5, 0.6) is 0 Å². The van der Waals surface area contributed by atoms with Gasteiger partial charge in [0.05, 0.1) is 5.92 Å². The molecule has 0 bridgehead atoms. The van der Waals surface area contributed by atoms with Gasteiger partial charge in [-0.25, -0.2) is 0 Å². The lowest BCUT2D eigenvalue weighted by Gasteiger charge is -2.21. The molecule has 0 amide bonds. The minimum Gasteiger partial charge on any atom is -0.480 e. The topological polar surface area (TPSA) is 153 Å². The Bertz CT molecular complexity index is 1090. The van der Waals surface area contributed by atoms with Gasteiger partial charge >= 0.3 is 24.3 Å². The Morgan fingerprint density at radius 2 is 1.05 bits per heavy atom. The van der Waals surface area contributed by atoms with Crippen LogP contribution >= 0.6 is 23.5 Å². The summed E-state index contributed by atoms with van der Waals surface area (Å²) in [5.74, 6) is -2.37. The first kappa shape index (κ1) is 38.6. The van der Waals surface area contributed by atoms with E-state index in [1.807, 2.05) is 30.3 Å². The van der Waals surface area contributed by atoms with E-state index in [4.69, 9.17) is 27.4 Å². The van der Waals surface area contributed by atoms with Crippen LogP contribution in [0.1, 0.15) is 37.2 Å².